The van der Waals surface area contributed by atoms with Gasteiger partial charge in [-0.3, -0.25) is 9.69 Å². The van der Waals surface area contributed by atoms with Crippen LogP contribution in [0, 0.1) is 0 Å². The summed E-state index contributed by atoms with van der Waals surface area (Å²) < 4.78 is 0. The number of rotatable bonds is 6. The molecule has 6 heteroatoms. The lowest BCUT2D eigenvalue weighted by molar-refractivity contribution is -0.119. The average Bonchev–Trinajstić information content (AvgIpc) is 2.66. The van der Waals surface area contributed by atoms with E-state index in [1.54, 1.807) is 16.8 Å². The second-order valence-electron chi connectivity index (χ2n) is 3.45. The maximum absolute atomic E-state index is 10.8. The molecule has 4 N–H and O–H groups in total. The van der Waals surface area contributed by atoms with Gasteiger partial charge >= 0.3 is 0 Å². The van der Waals surface area contributed by atoms with Gasteiger partial charge < -0.3 is 11.5 Å². The van der Waals surface area contributed by atoms with Gasteiger partial charge in [0.15, 0.2) is 0 Å². The zero-order valence-corrected chi connectivity index (χ0v) is 9.54. The SMILES string of the molecule is CN(Cc1cscn1)C(CN)CC(N)=O. The number of aromatic nitrogens is 1. The average molecular weight is 228 g/mol. The van der Waals surface area contributed by atoms with Crippen molar-refractivity contribution in [2.45, 2.75) is 19.0 Å². The predicted molar refractivity (Wildman–Crippen MR) is 60.2 cm³/mol. The molecule has 1 aromatic rings. The van der Waals surface area contributed by atoms with Crippen LogP contribution in [0.2, 0.25) is 0 Å². The number of amides is 1. The van der Waals surface area contributed by atoms with E-state index in [9.17, 15) is 4.79 Å². The van der Waals surface area contributed by atoms with Gasteiger partial charge in [0.1, 0.15) is 0 Å². The lowest BCUT2D eigenvalue weighted by atomic mass is 10.1. The number of hydrogen-bond acceptors (Lipinski definition) is 5. The van der Waals surface area contributed by atoms with Crippen molar-refractivity contribution in [2.24, 2.45) is 11.5 Å². The third-order valence-electron chi connectivity index (χ3n) is 2.23. The minimum Gasteiger partial charge on any atom is -0.370 e. The summed E-state index contributed by atoms with van der Waals surface area (Å²) in [6.07, 6.45) is 0.289. The Bertz CT molecular complexity index is 301. The quantitative estimate of drug-likeness (QED) is 0.704. The highest BCUT2D eigenvalue weighted by Gasteiger charge is 2.16. The molecule has 0 radical (unpaired) electrons. The molecule has 1 rings (SSSR count). The number of carbonyl (C=O) groups is 1. The highest BCUT2D eigenvalue weighted by molar-refractivity contribution is 7.07. The first-order valence-electron chi connectivity index (χ1n) is 4.69. The summed E-state index contributed by atoms with van der Waals surface area (Å²) in [6, 6.07) is -0.0100. The van der Waals surface area contributed by atoms with E-state index in [1.165, 1.54) is 0 Å². The standard InChI is InChI=1S/C9H16N4OS/c1-13(4-7-5-15-6-12-7)8(3-10)2-9(11)14/h5-6,8H,2-4,10H2,1H3,(H2,11,14). The molecule has 0 aliphatic rings. The van der Waals surface area contributed by atoms with Gasteiger partial charge in [0.05, 0.1) is 11.2 Å². The van der Waals surface area contributed by atoms with Crippen molar-refractivity contribution in [1.29, 1.82) is 0 Å². The van der Waals surface area contributed by atoms with E-state index in [0.29, 0.717) is 13.1 Å². The Hall–Kier alpha value is -0.980. The van der Waals surface area contributed by atoms with Crippen LogP contribution in [0.4, 0.5) is 0 Å². The fraction of sp³-hybridized carbons (Fsp3) is 0.556. The first-order valence-corrected chi connectivity index (χ1v) is 5.63. The van der Waals surface area contributed by atoms with E-state index in [0.717, 1.165) is 5.69 Å². The third-order valence-corrected chi connectivity index (χ3v) is 2.86. The maximum Gasteiger partial charge on any atom is 0.219 e. The minimum atomic E-state index is -0.324. The van der Waals surface area contributed by atoms with Crippen molar-refractivity contribution in [3.63, 3.8) is 0 Å². The van der Waals surface area contributed by atoms with Crippen LogP contribution in [-0.4, -0.2) is 35.4 Å². The van der Waals surface area contributed by atoms with Gasteiger partial charge in [-0.2, -0.15) is 0 Å². The summed E-state index contributed by atoms with van der Waals surface area (Å²) in [6.45, 7) is 1.11. The van der Waals surface area contributed by atoms with Gasteiger partial charge in [-0.15, -0.1) is 11.3 Å². The van der Waals surface area contributed by atoms with Crippen molar-refractivity contribution in [1.82, 2.24) is 9.88 Å². The zero-order chi connectivity index (χ0) is 11.3. The molecule has 0 aliphatic heterocycles. The summed E-state index contributed by atoms with van der Waals surface area (Å²) in [5.41, 5.74) is 13.5. The normalized spacial score (nSPS) is 13.0. The molecular formula is C9H16N4OS. The molecule has 1 amide bonds. The molecule has 1 atom stereocenters. The van der Waals surface area contributed by atoms with E-state index in [2.05, 4.69) is 4.98 Å². The summed E-state index contributed by atoms with van der Waals surface area (Å²) in [7, 11) is 1.92. The largest absolute Gasteiger partial charge is 0.370 e. The van der Waals surface area contributed by atoms with E-state index in [1.807, 2.05) is 17.3 Å². The van der Waals surface area contributed by atoms with Crippen LogP contribution in [0.15, 0.2) is 10.9 Å². The Morgan fingerprint density at radius 3 is 2.93 bits per heavy atom. The van der Waals surface area contributed by atoms with E-state index >= 15 is 0 Å². The Kier molecular flexibility index (Phi) is 4.67. The molecule has 0 saturated heterocycles. The Labute approximate surface area is 93.1 Å². The van der Waals surface area contributed by atoms with Crippen LogP contribution in [0.25, 0.3) is 0 Å². The monoisotopic (exact) mass is 228 g/mol. The molecule has 15 heavy (non-hydrogen) atoms. The lowest BCUT2D eigenvalue weighted by Crippen LogP contribution is -2.40. The van der Waals surface area contributed by atoms with Crippen LogP contribution in [0.5, 0.6) is 0 Å². The van der Waals surface area contributed by atoms with Crippen LogP contribution < -0.4 is 11.5 Å². The second-order valence-corrected chi connectivity index (χ2v) is 4.17. The van der Waals surface area contributed by atoms with E-state index in [-0.39, 0.29) is 18.4 Å². The number of likely N-dealkylation sites (N-methyl/N-ethyl adjacent to an activating group) is 1. The van der Waals surface area contributed by atoms with Crippen molar-refractivity contribution in [2.75, 3.05) is 13.6 Å². The maximum atomic E-state index is 10.8. The summed E-state index contributed by atoms with van der Waals surface area (Å²) in [5, 5.41) is 1.98. The number of nitrogens with zero attached hydrogens (tertiary/aromatic N) is 2. The summed E-state index contributed by atoms with van der Waals surface area (Å²) >= 11 is 1.55. The minimum absolute atomic E-state index is 0.0100. The smallest absolute Gasteiger partial charge is 0.219 e. The third kappa shape index (κ3) is 3.94. The number of hydrogen-bond donors (Lipinski definition) is 2. The molecular weight excluding hydrogens is 212 g/mol. The second kappa shape index (κ2) is 5.79. The molecule has 1 heterocycles. The topological polar surface area (TPSA) is 85.2 Å². The fourth-order valence-corrected chi connectivity index (χ4v) is 1.90. The zero-order valence-electron chi connectivity index (χ0n) is 8.72. The molecule has 5 nitrogen and oxygen atoms in total. The van der Waals surface area contributed by atoms with Crippen LogP contribution >= 0.6 is 11.3 Å². The molecule has 0 aromatic carbocycles. The number of primary amides is 1. The Morgan fingerprint density at radius 2 is 2.47 bits per heavy atom. The Balaban J connectivity index is 2.49. The van der Waals surface area contributed by atoms with Crippen LogP contribution in [-0.2, 0) is 11.3 Å². The predicted octanol–water partition coefficient (Wildman–Crippen LogP) is -0.222. The van der Waals surface area contributed by atoms with Gasteiger partial charge in [-0.05, 0) is 7.05 Å². The highest BCUT2D eigenvalue weighted by atomic mass is 32.1. The van der Waals surface area contributed by atoms with Crippen LogP contribution in [0.1, 0.15) is 12.1 Å². The van der Waals surface area contributed by atoms with Crippen molar-refractivity contribution in [3.8, 4) is 0 Å². The molecule has 84 valence electrons. The van der Waals surface area contributed by atoms with Gasteiger partial charge in [0.25, 0.3) is 0 Å². The van der Waals surface area contributed by atoms with Gasteiger partial charge in [0.2, 0.25) is 5.91 Å². The summed E-state index contributed by atoms with van der Waals surface area (Å²) in [5.74, 6) is -0.324. The van der Waals surface area contributed by atoms with Gasteiger partial charge in [-0.25, -0.2) is 4.98 Å². The highest BCUT2D eigenvalue weighted by Crippen LogP contribution is 2.08. The molecule has 0 fully saturated rings. The molecule has 1 unspecified atom stereocenters. The number of nitrogens with two attached hydrogens (primary N) is 2. The van der Waals surface area contributed by atoms with E-state index < -0.39 is 0 Å². The van der Waals surface area contributed by atoms with Crippen LogP contribution in [0.3, 0.4) is 0 Å². The van der Waals surface area contributed by atoms with Crippen molar-refractivity contribution in [3.05, 3.63) is 16.6 Å². The summed E-state index contributed by atoms with van der Waals surface area (Å²) in [4.78, 5) is 17.0. The first-order chi connectivity index (χ1) is 7.13. The van der Waals surface area contributed by atoms with E-state index in [4.69, 9.17) is 11.5 Å². The number of carbonyl (C=O) groups excluding carboxylic acids is 1. The van der Waals surface area contributed by atoms with Gasteiger partial charge in [0, 0.05) is 30.9 Å². The molecule has 0 spiro atoms. The van der Waals surface area contributed by atoms with Crippen molar-refractivity contribution >= 4 is 17.2 Å². The molecule has 0 saturated carbocycles. The molecule has 0 bridgehead atoms. The van der Waals surface area contributed by atoms with Gasteiger partial charge in [-0.1, -0.05) is 0 Å². The van der Waals surface area contributed by atoms with Crippen molar-refractivity contribution < 1.29 is 4.79 Å². The molecule has 1 aromatic heterocycles. The lowest BCUT2D eigenvalue weighted by Gasteiger charge is -2.24. The Morgan fingerprint density at radius 1 is 1.73 bits per heavy atom. The number of thiazole rings is 1. The molecule has 0 aliphatic carbocycles. The fourth-order valence-electron chi connectivity index (χ4n) is 1.35. The first kappa shape index (κ1) is 12.1.